The number of nitriles is 1. The number of nitrogens with zero attached hydrogens (tertiary/aromatic N) is 3. The van der Waals surface area contributed by atoms with E-state index in [2.05, 4.69) is 9.97 Å². The number of aromatic nitrogens is 2. The smallest absolute Gasteiger partial charge is 0.310 e. The summed E-state index contributed by atoms with van der Waals surface area (Å²) in [4.78, 5) is 31.0. The molecule has 1 unspecified atom stereocenters. The highest BCUT2D eigenvalue weighted by Crippen LogP contribution is 2.29. The number of benzene rings is 1. The van der Waals surface area contributed by atoms with Gasteiger partial charge >= 0.3 is 6.18 Å². The van der Waals surface area contributed by atoms with Crippen molar-refractivity contribution < 1.29 is 22.4 Å². The first-order valence-electron chi connectivity index (χ1n) is 7.91. The van der Waals surface area contributed by atoms with Crippen molar-refractivity contribution in [2.24, 2.45) is 0 Å². The topological polar surface area (TPSA) is 89.8 Å². The van der Waals surface area contributed by atoms with Crippen LogP contribution in [0.2, 0.25) is 0 Å². The van der Waals surface area contributed by atoms with Crippen molar-refractivity contribution in [2.75, 3.05) is 11.4 Å². The van der Waals surface area contributed by atoms with E-state index < -0.39 is 34.4 Å². The van der Waals surface area contributed by atoms with E-state index >= 15 is 0 Å². The number of halogens is 4. The van der Waals surface area contributed by atoms with Gasteiger partial charge in [-0.3, -0.25) is 9.59 Å². The van der Waals surface area contributed by atoms with Crippen LogP contribution in [0.15, 0.2) is 40.3 Å². The third-order valence-corrected chi connectivity index (χ3v) is 4.47. The monoisotopic (exact) mass is 414 g/mol. The maximum absolute atomic E-state index is 13.1. The standard InChI is InChI=1S/C17H14F4N4O2S/c1-10(28-16-23-13(17(19,20)21)9-14(26)24-16)15(27)25(8-2-7-22)12-5-3-11(18)4-6-12/h3-6,9-10H,2,8H2,1H3,(H,23,24,26). The molecule has 0 bridgehead atoms. The van der Waals surface area contributed by atoms with Crippen LogP contribution in [-0.4, -0.2) is 27.7 Å². The Hall–Kier alpha value is -2.87. The molecule has 1 amide bonds. The second kappa shape index (κ2) is 8.88. The van der Waals surface area contributed by atoms with E-state index in [0.29, 0.717) is 23.5 Å². The number of thioether (sulfide) groups is 1. The molecule has 0 spiro atoms. The number of nitrogens with one attached hydrogen (secondary N) is 1. The summed E-state index contributed by atoms with van der Waals surface area (Å²) >= 11 is 0.641. The molecule has 0 radical (unpaired) electrons. The zero-order chi connectivity index (χ0) is 20.9. The van der Waals surface area contributed by atoms with Crippen LogP contribution in [0.5, 0.6) is 0 Å². The van der Waals surface area contributed by atoms with E-state index in [4.69, 9.17) is 5.26 Å². The number of rotatable bonds is 6. The van der Waals surface area contributed by atoms with Gasteiger partial charge in [0.25, 0.3) is 5.56 Å². The third-order valence-electron chi connectivity index (χ3n) is 3.50. The number of carbonyl (C=O) groups excluding carboxylic acids is 1. The fourth-order valence-electron chi connectivity index (χ4n) is 2.22. The normalized spacial score (nSPS) is 12.3. The van der Waals surface area contributed by atoms with Crippen molar-refractivity contribution in [1.29, 1.82) is 5.26 Å². The summed E-state index contributed by atoms with van der Waals surface area (Å²) < 4.78 is 51.5. The Morgan fingerprint density at radius 3 is 2.57 bits per heavy atom. The predicted molar refractivity (Wildman–Crippen MR) is 94.2 cm³/mol. The number of H-pyrrole nitrogens is 1. The Labute approximate surface area is 161 Å². The number of hydrogen-bond donors (Lipinski definition) is 1. The van der Waals surface area contributed by atoms with E-state index in [1.165, 1.54) is 24.0 Å². The minimum absolute atomic E-state index is 0.000848. The van der Waals surface area contributed by atoms with Crippen molar-refractivity contribution in [1.82, 2.24) is 9.97 Å². The summed E-state index contributed by atoms with van der Waals surface area (Å²) in [6, 6.07) is 7.22. The summed E-state index contributed by atoms with van der Waals surface area (Å²) in [5, 5.41) is 7.49. The first-order valence-corrected chi connectivity index (χ1v) is 8.79. The molecule has 1 aromatic heterocycles. The third kappa shape index (κ3) is 5.56. The molecule has 0 aliphatic heterocycles. The van der Waals surface area contributed by atoms with Crippen molar-refractivity contribution in [3.05, 3.63) is 52.2 Å². The first-order chi connectivity index (χ1) is 13.1. The molecule has 1 atom stereocenters. The second-order valence-electron chi connectivity index (χ2n) is 5.57. The molecular weight excluding hydrogens is 400 g/mol. The van der Waals surface area contributed by atoms with Crippen LogP contribution in [-0.2, 0) is 11.0 Å². The Morgan fingerprint density at radius 1 is 1.36 bits per heavy atom. The van der Waals surface area contributed by atoms with Gasteiger partial charge in [0.15, 0.2) is 10.9 Å². The van der Waals surface area contributed by atoms with Gasteiger partial charge in [-0.15, -0.1) is 0 Å². The van der Waals surface area contributed by atoms with Crippen LogP contribution in [0.1, 0.15) is 19.0 Å². The van der Waals surface area contributed by atoms with Gasteiger partial charge in [-0.25, -0.2) is 9.37 Å². The van der Waals surface area contributed by atoms with Crippen molar-refractivity contribution in [3.63, 3.8) is 0 Å². The minimum atomic E-state index is -4.80. The molecular formula is C17H14F4N4O2S. The number of aromatic amines is 1. The lowest BCUT2D eigenvalue weighted by molar-refractivity contribution is -0.141. The molecule has 6 nitrogen and oxygen atoms in total. The van der Waals surface area contributed by atoms with E-state index in [0.717, 1.165) is 12.1 Å². The zero-order valence-corrected chi connectivity index (χ0v) is 15.3. The van der Waals surface area contributed by atoms with E-state index in [1.807, 2.05) is 6.07 Å². The Morgan fingerprint density at radius 2 is 2.00 bits per heavy atom. The molecule has 28 heavy (non-hydrogen) atoms. The predicted octanol–water partition coefficient (Wildman–Crippen LogP) is 3.36. The number of amides is 1. The highest BCUT2D eigenvalue weighted by Gasteiger charge is 2.34. The van der Waals surface area contributed by atoms with Crippen LogP contribution in [0.3, 0.4) is 0 Å². The highest BCUT2D eigenvalue weighted by atomic mass is 32.2. The molecule has 0 aliphatic rings. The molecule has 0 fully saturated rings. The molecule has 2 aromatic rings. The van der Waals surface area contributed by atoms with Crippen LogP contribution >= 0.6 is 11.8 Å². The van der Waals surface area contributed by atoms with Gasteiger partial charge in [-0.05, 0) is 31.2 Å². The average molecular weight is 414 g/mol. The largest absolute Gasteiger partial charge is 0.433 e. The Balaban J connectivity index is 2.25. The SMILES string of the molecule is CC(Sc1nc(C(F)(F)F)cc(=O)[nH]1)C(=O)N(CCC#N)c1ccc(F)cc1. The summed E-state index contributed by atoms with van der Waals surface area (Å²) in [6.45, 7) is 1.44. The van der Waals surface area contributed by atoms with Gasteiger partial charge in [0.1, 0.15) is 5.82 Å². The van der Waals surface area contributed by atoms with Crippen LogP contribution in [0.4, 0.5) is 23.2 Å². The lowest BCUT2D eigenvalue weighted by Gasteiger charge is -2.24. The lowest BCUT2D eigenvalue weighted by atomic mass is 10.2. The van der Waals surface area contributed by atoms with Gasteiger partial charge < -0.3 is 9.88 Å². The summed E-state index contributed by atoms with van der Waals surface area (Å²) in [5.41, 5.74) is -2.03. The van der Waals surface area contributed by atoms with E-state index in [9.17, 15) is 27.2 Å². The van der Waals surface area contributed by atoms with E-state index in [-0.39, 0.29) is 18.1 Å². The van der Waals surface area contributed by atoms with Gasteiger partial charge in [0, 0.05) is 18.3 Å². The lowest BCUT2D eigenvalue weighted by Crippen LogP contribution is -2.37. The summed E-state index contributed by atoms with van der Waals surface area (Å²) in [5.74, 6) is -1.04. The molecule has 148 valence electrons. The minimum Gasteiger partial charge on any atom is -0.310 e. The van der Waals surface area contributed by atoms with Crippen LogP contribution in [0.25, 0.3) is 0 Å². The van der Waals surface area contributed by atoms with Crippen molar-refractivity contribution >= 4 is 23.4 Å². The van der Waals surface area contributed by atoms with Crippen LogP contribution in [0, 0.1) is 17.1 Å². The van der Waals surface area contributed by atoms with Gasteiger partial charge in [0.05, 0.1) is 17.7 Å². The molecule has 11 heteroatoms. The highest BCUT2D eigenvalue weighted by molar-refractivity contribution is 8.00. The fraction of sp³-hybridized carbons (Fsp3) is 0.294. The summed E-state index contributed by atoms with van der Waals surface area (Å²) in [6.07, 6.45) is -4.80. The van der Waals surface area contributed by atoms with Gasteiger partial charge in [-0.2, -0.15) is 18.4 Å². The second-order valence-corrected chi connectivity index (χ2v) is 6.90. The molecule has 1 aromatic carbocycles. The molecule has 0 saturated carbocycles. The quantitative estimate of drug-likeness (QED) is 0.445. The van der Waals surface area contributed by atoms with Gasteiger partial charge in [0.2, 0.25) is 5.91 Å². The maximum Gasteiger partial charge on any atom is 0.433 e. The van der Waals surface area contributed by atoms with Crippen LogP contribution < -0.4 is 10.5 Å². The molecule has 2 rings (SSSR count). The van der Waals surface area contributed by atoms with Gasteiger partial charge in [-0.1, -0.05) is 11.8 Å². The average Bonchev–Trinajstić information content (AvgIpc) is 2.62. The fourth-order valence-corrected chi connectivity index (χ4v) is 3.10. The number of carbonyl (C=O) groups is 1. The number of hydrogen-bond acceptors (Lipinski definition) is 5. The number of alkyl halides is 3. The Bertz CT molecular complexity index is 938. The molecule has 1 N–H and O–H groups in total. The molecule has 1 heterocycles. The first kappa shape index (κ1) is 21.4. The van der Waals surface area contributed by atoms with Crippen molar-refractivity contribution in [3.8, 4) is 6.07 Å². The van der Waals surface area contributed by atoms with E-state index in [1.54, 1.807) is 0 Å². The molecule has 0 aliphatic carbocycles. The summed E-state index contributed by atoms with van der Waals surface area (Å²) in [7, 11) is 0. The Kier molecular flexibility index (Phi) is 6.80. The molecule has 0 saturated heterocycles. The number of anilines is 1. The zero-order valence-electron chi connectivity index (χ0n) is 14.5. The van der Waals surface area contributed by atoms with Crippen molar-refractivity contribution in [2.45, 2.75) is 29.9 Å². The maximum atomic E-state index is 13.1.